The molecule has 8 nitrogen and oxygen atoms in total. The second-order valence-corrected chi connectivity index (χ2v) is 11.5. The maximum absolute atomic E-state index is 13.6. The molecule has 0 aromatic carbocycles. The van der Waals surface area contributed by atoms with Gasteiger partial charge in [-0.05, 0) is 55.6 Å². The number of rotatable bonds is 5. The fourth-order valence-electron chi connectivity index (χ4n) is 8.24. The lowest BCUT2D eigenvalue weighted by molar-refractivity contribution is -0.206. The molecule has 0 aliphatic heterocycles. The highest BCUT2D eigenvalue weighted by atomic mass is 16.6. The summed E-state index contributed by atoms with van der Waals surface area (Å²) in [4.78, 5) is 62.0. The summed E-state index contributed by atoms with van der Waals surface area (Å²) in [7, 11) is 0. The molecule has 0 saturated heterocycles. The largest absolute Gasteiger partial charge is 0.462 e. The van der Waals surface area contributed by atoms with Gasteiger partial charge in [-0.25, -0.2) is 0 Å². The first kappa shape index (κ1) is 26.3. The van der Waals surface area contributed by atoms with E-state index in [-0.39, 0.29) is 29.5 Å². The van der Waals surface area contributed by atoms with Gasteiger partial charge in [0.25, 0.3) is 0 Å². The van der Waals surface area contributed by atoms with Gasteiger partial charge < -0.3 is 14.2 Å². The fraction of sp³-hybridized carbons (Fsp3) is 0.679. The number of carbonyl (C=O) groups excluding carboxylic acids is 5. The van der Waals surface area contributed by atoms with Crippen LogP contribution in [-0.4, -0.2) is 47.8 Å². The minimum absolute atomic E-state index is 0.00166. The maximum Gasteiger partial charge on any atom is 0.303 e. The van der Waals surface area contributed by atoms with Crippen molar-refractivity contribution in [2.75, 3.05) is 6.61 Å². The van der Waals surface area contributed by atoms with Crippen LogP contribution in [0.3, 0.4) is 0 Å². The van der Waals surface area contributed by atoms with Crippen molar-refractivity contribution in [3.05, 3.63) is 23.8 Å². The van der Waals surface area contributed by atoms with Crippen LogP contribution in [0.4, 0.5) is 0 Å². The molecule has 4 aliphatic carbocycles. The Hall–Kier alpha value is -2.77. The Bertz CT molecular complexity index is 1070. The van der Waals surface area contributed by atoms with E-state index in [2.05, 4.69) is 13.8 Å². The highest BCUT2D eigenvalue weighted by molar-refractivity contribution is 6.01. The zero-order chi connectivity index (χ0) is 26.6. The predicted octanol–water partition coefficient (Wildman–Crippen LogP) is 3.52. The third-order valence-electron chi connectivity index (χ3n) is 9.41. The summed E-state index contributed by atoms with van der Waals surface area (Å²) in [6.07, 6.45) is 6.76. The molecule has 36 heavy (non-hydrogen) atoms. The standard InChI is InChI=1S/C28H36O8/c1-15-11-20-21-8-10-28(36-18(4)31,24(33)14-34-16(2)29)27(21,6)13-23(35-17(3)30)25(20)26(5)9-7-19(32)12-22(15)26/h7,9,12,15,20-21,23,25H,8,10-11,13-14H2,1-6H3/t15-,20-,21+,23+,25+,26-,27-,28-/m0/s1. The number of hydrogen-bond donors (Lipinski definition) is 0. The molecular formula is C28H36O8. The summed E-state index contributed by atoms with van der Waals surface area (Å²) in [5.41, 5.74) is -1.75. The van der Waals surface area contributed by atoms with Crippen LogP contribution in [0.1, 0.15) is 67.2 Å². The van der Waals surface area contributed by atoms with E-state index in [1.54, 1.807) is 12.2 Å². The van der Waals surface area contributed by atoms with Crippen LogP contribution in [-0.2, 0) is 38.2 Å². The van der Waals surface area contributed by atoms with Gasteiger partial charge >= 0.3 is 17.9 Å². The van der Waals surface area contributed by atoms with Gasteiger partial charge in [0, 0.05) is 37.5 Å². The van der Waals surface area contributed by atoms with Crippen molar-refractivity contribution < 1.29 is 38.2 Å². The minimum atomic E-state index is -1.49. The van der Waals surface area contributed by atoms with Crippen LogP contribution in [0.5, 0.6) is 0 Å². The van der Waals surface area contributed by atoms with Gasteiger partial charge in [-0.15, -0.1) is 0 Å². The quantitative estimate of drug-likeness (QED) is 0.416. The summed E-state index contributed by atoms with van der Waals surface area (Å²) in [6.45, 7) is 9.55. The lowest BCUT2D eigenvalue weighted by atomic mass is 9.44. The van der Waals surface area contributed by atoms with E-state index in [9.17, 15) is 24.0 Å². The first-order chi connectivity index (χ1) is 16.7. The molecule has 0 aromatic rings. The second-order valence-electron chi connectivity index (χ2n) is 11.5. The highest BCUT2D eigenvalue weighted by Crippen LogP contribution is 2.69. The Morgan fingerprint density at radius 1 is 1.06 bits per heavy atom. The number of Topliss-reactive ketones (excluding diaryl/α,β-unsaturated/α-hetero) is 1. The first-order valence-corrected chi connectivity index (χ1v) is 12.7. The van der Waals surface area contributed by atoms with Gasteiger partial charge in [-0.3, -0.25) is 24.0 Å². The molecule has 4 rings (SSSR count). The SMILES string of the molecule is CC(=O)OCC(=O)[C@@]1(OC(C)=O)CC[C@@H]2[C@@H]3C[C@H](C)C4=CC(=O)C=C[C@]4(C)[C@H]3[C@H](OC(C)=O)C[C@@]21C. The summed E-state index contributed by atoms with van der Waals surface area (Å²) in [6, 6.07) is 0. The van der Waals surface area contributed by atoms with Gasteiger partial charge in [0.1, 0.15) is 6.10 Å². The van der Waals surface area contributed by atoms with Gasteiger partial charge in [-0.1, -0.05) is 32.4 Å². The summed E-state index contributed by atoms with van der Waals surface area (Å²) in [5, 5.41) is 0. The van der Waals surface area contributed by atoms with Crippen LogP contribution < -0.4 is 0 Å². The van der Waals surface area contributed by atoms with Crippen LogP contribution in [0, 0.1) is 34.5 Å². The molecule has 0 spiro atoms. The van der Waals surface area contributed by atoms with Crippen molar-refractivity contribution in [3.8, 4) is 0 Å². The van der Waals surface area contributed by atoms with E-state index in [4.69, 9.17) is 14.2 Å². The Morgan fingerprint density at radius 3 is 2.36 bits per heavy atom. The van der Waals surface area contributed by atoms with Crippen molar-refractivity contribution in [3.63, 3.8) is 0 Å². The maximum atomic E-state index is 13.6. The monoisotopic (exact) mass is 500 g/mol. The lowest BCUT2D eigenvalue weighted by Crippen LogP contribution is -2.64. The van der Waals surface area contributed by atoms with E-state index in [0.29, 0.717) is 19.3 Å². The number of hydrogen-bond acceptors (Lipinski definition) is 8. The zero-order valence-electron chi connectivity index (χ0n) is 21.9. The highest BCUT2D eigenvalue weighted by Gasteiger charge is 2.71. The number of allylic oxidation sites excluding steroid dienone is 4. The molecule has 8 heteroatoms. The zero-order valence-corrected chi connectivity index (χ0v) is 21.9. The summed E-state index contributed by atoms with van der Waals surface area (Å²) < 4.78 is 16.9. The average molecular weight is 501 g/mol. The fourth-order valence-corrected chi connectivity index (χ4v) is 8.24. The molecule has 4 aliphatic rings. The Labute approximate surface area is 211 Å². The van der Waals surface area contributed by atoms with E-state index in [0.717, 1.165) is 12.0 Å². The van der Waals surface area contributed by atoms with E-state index >= 15 is 0 Å². The molecule has 0 bridgehead atoms. The predicted molar refractivity (Wildman–Crippen MR) is 128 cm³/mol. The van der Waals surface area contributed by atoms with Gasteiger partial charge in [0.2, 0.25) is 5.78 Å². The second kappa shape index (κ2) is 8.96. The van der Waals surface area contributed by atoms with Crippen LogP contribution in [0.15, 0.2) is 23.8 Å². The Kier molecular flexibility index (Phi) is 6.55. The third-order valence-corrected chi connectivity index (χ3v) is 9.41. The number of esters is 3. The summed E-state index contributed by atoms with van der Waals surface area (Å²) in [5.74, 6) is -2.00. The molecule has 0 aromatic heterocycles. The van der Waals surface area contributed by atoms with Crippen molar-refractivity contribution in [2.24, 2.45) is 34.5 Å². The molecule has 0 amide bonds. The summed E-state index contributed by atoms with van der Waals surface area (Å²) >= 11 is 0. The molecule has 196 valence electrons. The van der Waals surface area contributed by atoms with Crippen LogP contribution in [0.2, 0.25) is 0 Å². The third kappa shape index (κ3) is 3.93. The van der Waals surface area contributed by atoms with Gasteiger partial charge in [-0.2, -0.15) is 0 Å². The van der Waals surface area contributed by atoms with Crippen LogP contribution in [0.25, 0.3) is 0 Å². The molecule has 3 saturated carbocycles. The normalized spacial score (nSPS) is 40.8. The molecule has 3 fully saturated rings. The smallest absolute Gasteiger partial charge is 0.303 e. The Morgan fingerprint density at radius 2 is 1.75 bits per heavy atom. The van der Waals surface area contributed by atoms with Crippen molar-refractivity contribution in [2.45, 2.75) is 78.9 Å². The number of fused-ring (bicyclic) bond motifs is 5. The molecule has 0 radical (unpaired) electrons. The average Bonchev–Trinajstić information content (AvgIpc) is 3.05. The molecule has 0 N–H and O–H groups in total. The minimum Gasteiger partial charge on any atom is -0.462 e. The van der Waals surface area contributed by atoms with Gasteiger partial charge in [0.05, 0.1) is 0 Å². The number of ether oxygens (including phenoxy) is 3. The molecule has 0 heterocycles. The van der Waals surface area contributed by atoms with Crippen molar-refractivity contribution in [1.82, 2.24) is 0 Å². The number of carbonyl (C=O) groups is 5. The van der Waals surface area contributed by atoms with Crippen LogP contribution >= 0.6 is 0 Å². The molecular weight excluding hydrogens is 464 g/mol. The van der Waals surface area contributed by atoms with Crippen molar-refractivity contribution >= 4 is 29.5 Å². The van der Waals surface area contributed by atoms with E-state index in [1.807, 2.05) is 13.0 Å². The van der Waals surface area contributed by atoms with Gasteiger partial charge in [0.15, 0.2) is 18.0 Å². The van der Waals surface area contributed by atoms with Crippen molar-refractivity contribution in [1.29, 1.82) is 0 Å². The lowest BCUT2D eigenvalue weighted by Gasteiger charge is -2.61. The van der Waals surface area contributed by atoms with E-state index < -0.39 is 52.8 Å². The first-order valence-electron chi connectivity index (χ1n) is 12.7. The van der Waals surface area contributed by atoms with E-state index in [1.165, 1.54) is 20.8 Å². The topological polar surface area (TPSA) is 113 Å². The number of ketones is 2. The Balaban J connectivity index is 1.83. The molecule has 8 atom stereocenters. The molecule has 0 unspecified atom stereocenters.